The van der Waals surface area contributed by atoms with Crippen LogP contribution in [0.3, 0.4) is 0 Å². The summed E-state index contributed by atoms with van der Waals surface area (Å²) in [5.41, 5.74) is 3.78. The van der Waals surface area contributed by atoms with E-state index in [2.05, 4.69) is 37.4 Å². The summed E-state index contributed by atoms with van der Waals surface area (Å²) in [4.78, 5) is 0. The lowest BCUT2D eigenvalue weighted by atomic mass is 10.1. The highest BCUT2D eigenvalue weighted by Crippen LogP contribution is 2.08. The summed E-state index contributed by atoms with van der Waals surface area (Å²) in [7, 11) is 1.64. The number of ether oxygens (including phenoxy) is 1. The molecule has 16 heavy (non-hydrogen) atoms. The molecule has 0 heterocycles. The van der Waals surface area contributed by atoms with Gasteiger partial charge in [0.1, 0.15) is 0 Å². The molecule has 3 heteroatoms. The van der Waals surface area contributed by atoms with Crippen LogP contribution in [0, 0.1) is 13.8 Å². The van der Waals surface area contributed by atoms with Crippen molar-refractivity contribution in [3.05, 3.63) is 34.9 Å². The van der Waals surface area contributed by atoms with Gasteiger partial charge in [-0.1, -0.05) is 29.3 Å². The van der Waals surface area contributed by atoms with E-state index in [4.69, 9.17) is 9.84 Å². The molecule has 1 aromatic carbocycles. The van der Waals surface area contributed by atoms with Crippen LogP contribution in [0.5, 0.6) is 0 Å². The second-order valence-corrected chi connectivity index (χ2v) is 4.21. The Morgan fingerprint density at radius 3 is 2.38 bits per heavy atom. The smallest absolute Gasteiger partial charge is 0.0638 e. The topological polar surface area (TPSA) is 41.5 Å². The van der Waals surface area contributed by atoms with Gasteiger partial charge in [-0.25, -0.2) is 0 Å². The zero-order valence-corrected chi connectivity index (χ0v) is 10.3. The van der Waals surface area contributed by atoms with Crippen LogP contribution in [0.4, 0.5) is 0 Å². The second kappa shape index (κ2) is 6.63. The van der Waals surface area contributed by atoms with Crippen molar-refractivity contribution in [2.45, 2.75) is 26.4 Å². The molecule has 0 aliphatic heterocycles. The SMILES string of the molecule is COCC(CO)NCc1cc(C)cc(C)c1. The van der Waals surface area contributed by atoms with Crippen molar-refractivity contribution >= 4 is 0 Å². The summed E-state index contributed by atoms with van der Waals surface area (Å²) in [6.07, 6.45) is 0. The number of hydrogen-bond donors (Lipinski definition) is 2. The van der Waals surface area contributed by atoms with E-state index in [0.717, 1.165) is 6.54 Å². The second-order valence-electron chi connectivity index (χ2n) is 4.21. The number of aliphatic hydroxyl groups excluding tert-OH is 1. The van der Waals surface area contributed by atoms with E-state index in [0.29, 0.717) is 6.61 Å². The fraction of sp³-hybridized carbons (Fsp3) is 0.538. The number of hydrogen-bond acceptors (Lipinski definition) is 3. The van der Waals surface area contributed by atoms with Gasteiger partial charge in [0, 0.05) is 13.7 Å². The van der Waals surface area contributed by atoms with Gasteiger partial charge in [-0.05, 0) is 19.4 Å². The van der Waals surface area contributed by atoms with Crippen molar-refractivity contribution in [1.29, 1.82) is 0 Å². The average molecular weight is 223 g/mol. The third kappa shape index (κ3) is 4.31. The van der Waals surface area contributed by atoms with Gasteiger partial charge < -0.3 is 15.2 Å². The maximum atomic E-state index is 9.10. The fourth-order valence-corrected chi connectivity index (χ4v) is 1.81. The molecule has 1 aromatic rings. The number of methoxy groups -OCH3 is 1. The van der Waals surface area contributed by atoms with Crippen molar-refractivity contribution in [2.75, 3.05) is 20.3 Å². The molecule has 2 N–H and O–H groups in total. The largest absolute Gasteiger partial charge is 0.395 e. The Morgan fingerprint density at radius 1 is 1.25 bits per heavy atom. The Bertz CT molecular complexity index is 305. The highest BCUT2D eigenvalue weighted by Gasteiger charge is 2.05. The van der Waals surface area contributed by atoms with Crippen LogP contribution in [0.2, 0.25) is 0 Å². The lowest BCUT2D eigenvalue weighted by molar-refractivity contribution is 0.128. The van der Waals surface area contributed by atoms with Crippen LogP contribution >= 0.6 is 0 Å². The van der Waals surface area contributed by atoms with Gasteiger partial charge in [0.05, 0.1) is 19.3 Å². The summed E-state index contributed by atoms with van der Waals surface area (Å²) in [5, 5.41) is 12.4. The molecule has 0 radical (unpaired) electrons. The van der Waals surface area contributed by atoms with Crippen LogP contribution in [0.15, 0.2) is 18.2 Å². The van der Waals surface area contributed by atoms with Crippen LogP contribution in [0.1, 0.15) is 16.7 Å². The Morgan fingerprint density at radius 2 is 1.88 bits per heavy atom. The molecule has 90 valence electrons. The van der Waals surface area contributed by atoms with E-state index >= 15 is 0 Å². The summed E-state index contributed by atoms with van der Waals surface area (Å²) in [6, 6.07) is 6.47. The van der Waals surface area contributed by atoms with Gasteiger partial charge in [-0.3, -0.25) is 0 Å². The predicted molar refractivity (Wildman–Crippen MR) is 65.5 cm³/mol. The van der Waals surface area contributed by atoms with E-state index in [1.807, 2.05) is 0 Å². The molecule has 0 saturated heterocycles. The first-order valence-corrected chi connectivity index (χ1v) is 5.56. The highest BCUT2D eigenvalue weighted by molar-refractivity contribution is 5.28. The minimum atomic E-state index is 0.00539. The molecule has 1 atom stereocenters. The normalized spacial score (nSPS) is 12.8. The third-order valence-electron chi connectivity index (χ3n) is 2.46. The van der Waals surface area contributed by atoms with Crippen LogP contribution in [0.25, 0.3) is 0 Å². The van der Waals surface area contributed by atoms with E-state index in [1.165, 1.54) is 16.7 Å². The molecular weight excluding hydrogens is 202 g/mol. The lowest BCUT2D eigenvalue weighted by Crippen LogP contribution is -2.35. The van der Waals surface area contributed by atoms with E-state index in [9.17, 15) is 0 Å². The van der Waals surface area contributed by atoms with E-state index < -0.39 is 0 Å². The Kier molecular flexibility index (Phi) is 5.46. The summed E-state index contributed by atoms with van der Waals surface area (Å²) in [5.74, 6) is 0. The van der Waals surface area contributed by atoms with Gasteiger partial charge >= 0.3 is 0 Å². The Hall–Kier alpha value is -0.900. The molecule has 0 amide bonds. The maximum absolute atomic E-state index is 9.10. The molecule has 0 aliphatic rings. The quantitative estimate of drug-likeness (QED) is 0.766. The van der Waals surface area contributed by atoms with Crippen molar-refractivity contribution < 1.29 is 9.84 Å². The van der Waals surface area contributed by atoms with Crippen molar-refractivity contribution in [2.24, 2.45) is 0 Å². The monoisotopic (exact) mass is 223 g/mol. The number of aryl methyl sites for hydroxylation is 2. The van der Waals surface area contributed by atoms with Gasteiger partial charge in [-0.2, -0.15) is 0 Å². The average Bonchev–Trinajstić information content (AvgIpc) is 2.23. The molecule has 0 fully saturated rings. The van der Waals surface area contributed by atoms with Gasteiger partial charge in [0.15, 0.2) is 0 Å². The first-order valence-electron chi connectivity index (χ1n) is 5.56. The van der Waals surface area contributed by atoms with Crippen LogP contribution < -0.4 is 5.32 Å². The van der Waals surface area contributed by atoms with Crippen molar-refractivity contribution in [3.63, 3.8) is 0 Å². The summed E-state index contributed by atoms with van der Waals surface area (Å²) < 4.78 is 5.01. The Labute approximate surface area is 97.4 Å². The van der Waals surface area contributed by atoms with E-state index in [1.54, 1.807) is 7.11 Å². The van der Waals surface area contributed by atoms with Crippen LogP contribution in [-0.4, -0.2) is 31.5 Å². The summed E-state index contributed by atoms with van der Waals surface area (Å²) >= 11 is 0. The molecule has 0 spiro atoms. The molecule has 0 aromatic heterocycles. The molecule has 0 bridgehead atoms. The minimum Gasteiger partial charge on any atom is -0.395 e. The van der Waals surface area contributed by atoms with Crippen molar-refractivity contribution in [3.8, 4) is 0 Å². The maximum Gasteiger partial charge on any atom is 0.0638 e. The zero-order valence-electron chi connectivity index (χ0n) is 10.3. The zero-order chi connectivity index (χ0) is 12.0. The number of rotatable bonds is 6. The highest BCUT2D eigenvalue weighted by atomic mass is 16.5. The minimum absolute atomic E-state index is 0.00539. The Balaban J connectivity index is 2.52. The standard InChI is InChI=1S/C13H21NO2/c1-10-4-11(2)6-12(5-10)7-14-13(8-15)9-16-3/h4-6,13-15H,7-9H2,1-3H3. The van der Waals surface area contributed by atoms with Crippen LogP contribution in [-0.2, 0) is 11.3 Å². The molecule has 0 aliphatic carbocycles. The van der Waals surface area contributed by atoms with Crippen molar-refractivity contribution in [1.82, 2.24) is 5.32 Å². The van der Waals surface area contributed by atoms with Gasteiger partial charge in [-0.15, -0.1) is 0 Å². The number of nitrogens with one attached hydrogen (secondary N) is 1. The first kappa shape index (κ1) is 13.2. The third-order valence-corrected chi connectivity index (χ3v) is 2.46. The molecular formula is C13H21NO2. The van der Waals surface area contributed by atoms with E-state index in [-0.39, 0.29) is 12.6 Å². The number of benzene rings is 1. The predicted octanol–water partition coefficient (Wildman–Crippen LogP) is 1.40. The molecule has 1 unspecified atom stereocenters. The molecule has 3 nitrogen and oxygen atoms in total. The lowest BCUT2D eigenvalue weighted by Gasteiger charge is -2.15. The van der Waals surface area contributed by atoms with Gasteiger partial charge in [0.25, 0.3) is 0 Å². The molecule has 0 saturated carbocycles. The molecule has 1 rings (SSSR count). The fourth-order valence-electron chi connectivity index (χ4n) is 1.81. The number of aliphatic hydroxyl groups is 1. The first-order chi connectivity index (χ1) is 7.65. The van der Waals surface area contributed by atoms with Gasteiger partial charge in [0.2, 0.25) is 0 Å². The summed E-state index contributed by atoms with van der Waals surface area (Å²) in [6.45, 7) is 5.57.